The fourth-order valence-electron chi connectivity index (χ4n) is 3.83. The molecule has 1 aromatic carbocycles. The molecule has 204 valence electrons. The number of carbonyl (C=O) groups excluding carboxylic acids is 5. The van der Waals surface area contributed by atoms with Gasteiger partial charge in [0.2, 0.25) is 23.6 Å². The highest BCUT2D eigenvalue weighted by atomic mass is 32.1. The van der Waals surface area contributed by atoms with Crippen molar-refractivity contribution in [1.29, 1.82) is 0 Å². The zero-order valence-electron chi connectivity index (χ0n) is 21.3. The van der Waals surface area contributed by atoms with Gasteiger partial charge in [0.1, 0.15) is 24.4 Å². The average molecular weight is 545 g/mol. The molecule has 2 atom stereocenters. The van der Waals surface area contributed by atoms with Crippen molar-refractivity contribution in [2.75, 3.05) is 26.7 Å². The third-order valence-electron chi connectivity index (χ3n) is 5.78. The van der Waals surface area contributed by atoms with Crippen LogP contribution >= 0.6 is 11.3 Å². The number of hydrogen-bond donors (Lipinski definition) is 4. The Kier molecular flexibility index (Phi) is 10.2. The molecule has 12 nitrogen and oxygen atoms in total. The van der Waals surface area contributed by atoms with Gasteiger partial charge in [-0.1, -0.05) is 12.1 Å². The van der Waals surface area contributed by atoms with Crippen LogP contribution in [0, 0.1) is 6.92 Å². The first-order chi connectivity index (χ1) is 18.1. The number of primary amides is 1. The van der Waals surface area contributed by atoms with Crippen LogP contribution in [0.5, 0.6) is 5.75 Å². The molecule has 13 heteroatoms. The van der Waals surface area contributed by atoms with Crippen LogP contribution in [-0.2, 0) is 25.6 Å². The molecular formula is C25H32N6O6S. The summed E-state index contributed by atoms with van der Waals surface area (Å²) in [5.41, 5.74) is 6.40. The van der Waals surface area contributed by atoms with Gasteiger partial charge in [-0.25, -0.2) is 4.98 Å². The molecule has 2 heterocycles. The molecule has 0 radical (unpaired) electrons. The number of likely N-dealkylation sites (N-methyl/N-ethyl adjacent to an activating group) is 1. The highest BCUT2D eigenvalue weighted by Gasteiger charge is 2.30. The summed E-state index contributed by atoms with van der Waals surface area (Å²) in [6, 6.07) is 4.01. The lowest BCUT2D eigenvalue weighted by molar-refractivity contribution is -0.137. The fraction of sp³-hybridized carbons (Fsp3) is 0.440. The molecule has 5 amide bonds. The minimum atomic E-state index is -1.25. The average Bonchev–Trinajstić information content (AvgIpc) is 3.29. The Bertz CT molecular complexity index is 1180. The van der Waals surface area contributed by atoms with E-state index in [1.54, 1.807) is 35.6 Å². The van der Waals surface area contributed by atoms with E-state index < -0.39 is 54.5 Å². The molecule has 1 aliphatic heterocycles. The lowest BCUT2D eigenvalue weighted by Crippen LogP contribution is -2.53. The van der Waals surface area contributed by atoms with Crippen molar-refractivity contribution in [3.63, 3.8) is 0 Å². The highest BCUT2D eigenvalue weighted by molar-refractivity contribution is 7.09. The molecule has 0 fully saturated rings. The lowest BCUT2D eigenvalue weighted by atomic mass is 10.1. The largest absolute Gasteiger partial charge is 0.491 e. The first-order valence-corrected chi connectivity index (χ1v) is 13.1. The molecule has 0 spiro atoms. The number of nitrogens with zero attached hydrogens (tertiary/aromatic N) is 2. The van der Waals surface area contributed by atoms with E-state index in [2.05, 4.69) is 20.9 Å². The van der Waals surface area contributed by atoms with Crippen molar-refractivity contribution in [3.05, 3.63) is 45.9 Å². The van der Waals surface area contributed by atoms with Crippen LogP contribution in [0.1, 0.15) is 40.3 Å². The number of aryl methyl sites for hydroxylation is 2. The number of amides is 5. The molecule has 0 saturated carbocycles. The van der Waals surface area contributed by atoms with Gasteiger partial charge in [-0.2, -0.15) is 0 Å². The number of ether oxygens (including phenoxy) is 1. The zero-order chi connectivity index (χ0) is 27.7. The number of hydrogen-bond acceptors (Lipinski definition) is 8. The number of fused-ring (bicyclic) bond motifs is 1. The van der Waals surface area contributed by atoms with Gasteiger partial charge in [0.05, 0.1) is 30.0 Å². The number of rotatable bonds is 7. The number of nitrogens with one attached hydrogen (secondary N) is 3. The van der Waals surface area contributed by atoms with Crippen LogP contribution in [0.15, 0.2) is 29.6 Å². The monoisotopic (exact) mass is 544 g/mol. The second kappa shape index (κ2) is 13.5. The third-order valence-corrected chi connectivity index (χ3v) is 6.80. The van der Waals surface area contributed by atoms with Crippen molar-refractivity contribution in [1.82, 2.24) is 25.8 Å². The topological polar surface area (TPSA) is 173 Å². The standard InChI is InChI=1S/C25H32N6O6S/c1-15-14-38-22(28-15)8-5-9-27-24(35)17-13-21(33)29-18(12-20(26)32)25(36)31(2)10-11-37-19-7-4-3-6-16(19)23(34)30-17/h3-4,6-7,14,17-18H,5,8-13H2,1-2H3,(H2,26,32)(H,27,35)(H,29,33)(H,30,34)/t17-,18-/m0/s1. The Labute approximate surface area is 224 Å². The van der Waals surface area contributed by atoms with Gasteiger partial charge >= 0.3 is 0 Å². The molecule has 1 aliphatic rings. The Hall–Kier alpha value is -4.00. The van der Waals surface area contributed by atoms with E-state index in [4.69, 9.17) is 10.5 Å². The molecule has 3 rings (SSSR count). The summed E-state index contributed by atoms with van der Waals surface area (Å²) in [6.45, 7) is 2.39. The molecule has 0 unspecified atom stereocenters. The van der Waals surface area contributed by atoms with Crippen molar-refractivity contribution < 1.29 is 28.7 Å². The van der Waals surface area contributed by atoms with Crippen LogP contribution in [0.3, 0.4) is 0 Å². The van der Waals surface area contributed by atoms with Crippen molar-refractivity contribution >= 4 is 40.9 Å². The number of para-hydroxylation sites is 1. The van der Waals surface area contributed by atoms with Crippen LogP contribution in [0.4, 0.5) is 0 Å². The van der Waals surface area contributed by atoms with Gasteiger partial charge in [0.25, 0.3) is 5.91 Å². The molecule has 0 saturated heterocycles. The van der Waals surface area contributed by atoms with Gasteiger partial charge in [-0.3, -0.25) is 24.0 Å². The summed E-state index contributed by atoms with van der Waals surface area (Å²) in [6.07, 6.45) is 0.409. The first kappa shape index (κ1) is 28.6. The molecule has 2 aromatic rings. The fourth-order valence-corrected chi connectivity index (χ4v) is 4.64. The van der Waals surface area contributed by atoms with Crippen molar-refractivity contribution in [2.24, 2.45) is 5.73 Å². The Balaban J connectivity index is 1.78. The summed E-state index contributed by atoms with van der Waals surface area (Å²) >= 11 is 1.54. The highest BCUT2D eigenvalue weighted by Crippen LogP contribution is 2.18. The number of aromatic nitrogens is 1. The van der Waals surface area contributed by atoms with E-state index in [0.29, 0.717) is 19.4 Å². The molecule has 38 heavy (non-hydrogen) atoms. The summed E-state index contributed by atoms with van der Waals surface area (Å²) < 4.78 is 5.74. The first-order valence-electron chi connectivity index (χ1n) is 12.2. The minimum Gasteiger partial charge on any atom is -0.491 e. The second-order valence-corrected chi connectivity index (χ2v) is 9.84. The molecule has 0 bridgehead atoms. The summed E-state index contributed by atoms with van der Waals surface area (Å²) in [5, 5.41) is 10.7. The predicted molar refractivity (Wildman–Crippen MR) is 139 cm³/mol. The van der Waals surface area contributed by atoms with Crippen molar-refractivity contribution in [3.8, 4) is 5.75 Å². The molecule has 5 N–H and O–H groups in total. The van der Waals surface area contributed by atoms with E-state index in [1.165, 1.54) is 11.9 Å². The van der Waals surface area contributed by atoms with Gasteiger partial charge in [0, 0.05) is 31.1 Å². The van der Waals surface area contributed by atoms with Crippen molar-refractivity contribution in [2.45, 2.75) is 44.7 Å². The van der Waals surface area contributed by atoms with E-state index in [-0.39, 0.29) is 24.5 Å². The van der Waals surface area contributed by atoms with Crippen LogP contribution < -0.4 is 26.4 Å². The Morgan fingerprint density at radius 2 is 2.00 bits per heavy atom. The molecular weight excluding hydrogens is 512 g/mol. The maximum absolute atomic E-state index is 13.1. The van der Waals surface area contributed by atoms with Crippen LogP contribution in [-0.4, -0.2) is 78.2 Å². The number of carbonyl (C=O) groups is 5. The lowest BCUT2D eigenvalue weighted by Gasteiger charge is -2.26. The Morgan fingerprint density at radius 3 is 2.71 bits per heavy atom. The quantitative estimate of drug-likeness (QED) is 0.352. The second-order valence-electron chi connectivity index (χ2n) is 8.90. The smallest absolute Gasteiger partial charge is 0.255 e. The summed E-state index contributed by atoms with van der Waals surface area (Å²) in [5.74, 6) is -2.90. The SMILES string of the molecule is Cc1csc(CCCNC(=O)[C@@H]2CC(=O)N[C@@H](CC(N)=O)C(=O)N(C)CCOc3ccccc3C(=O)N2)n1. The third kappa shape index (κ3) is 8.26. The maximum Gasteiger partial charge on any atom is 0.255 e. The normalized spacial score (nSPS) is 18.9. The van der Waals surface area contributed by atoms with E-state index in [0.717, 1.165) is 10.7 Å². The van der Waals surface area contributed by atoms with Gasteiger partial charge in [-0.05, 0) is 25.5 Å². The number of nitrogens with two attached hydrogens (primary N) is 1. The van der Waals surface area contributed by atoms with Gasteiger partial charge in [0.15, 0.2) is 0 Å². The zero-order valence-corrected chi connectivity index (χ0v) is 22.1. The van der Waals surface area contributed by atoms with Gasteiger partial charge in [-0.15, -0.1) is 11.3 Å². The molecule has 0 aliphatic carbocycles. The minimum absolute atomic E-state index is 0.0479. The Morgan fingerprint density at radius 1 is 1.24 bits per heavy atom. The number of benzene rings is 1. The van der Waals surface area contributed by atoms with E-state index >= 15 is 0 Å². The molecule has 1 aromatic heterocycles. The maximum atomic E-state index is 13.1. The number of thiazole rings is 1. The summed E-state index contributed by atoms with van der Waals surface area (Å²) in [7, 11) is 1.50. The van der Waals surface area contributed by atoms with E-state index in [9.17, 15) is 24.0 Å². The van der Waals surface area contributed by atoms with Crippen LogP contribution in [0.25, 0.3) is 0 Å². The van der Waals surface area contributed by atoms with Crippen LogP contribution in [0.2, 0.25) is 0 Å². The van der Waals surface area contributed by atoms with Gasteiger partial charge < -0.3 is 31.3 Å². The van der Waals surface area contributed by atoms with E-state index in [1.807, 2.05) is 12.3 Å². The predicted octanol–water partition coefficient (Wildman–Crippen LogP) is -0.1000. The summed E-state index contributed by atoms with van der Waals surface area (Å²) in [4.78, 5) is 69.2.